The topological polar surface area (TPSA) is 38.8 Å². The summed E-state index contributed by atoms with van der Waals surface area (Å²) in [5.41, 5.74) is 0.0303. The Balaban J connectivity index is 2.26. The van der Waals surface area contributed by atoms with Crippen LogP contribution in [0.25, 0.3) is 0 Å². The highest BCUT2D eigenvalue weighted by Gasteiger charge is 2.23. The van der Waals surface area contributed by atoms with Gasteiger partial charge in [-0.25, -0.2) is 0 Å². The van der Waals surface area contributed by atoms with E-state index in [1.165, 1.54) is 35.5 Å². The highest BCUT2D eigenvalue weighted by atomic mass is 79.9. The lowest BCUT2D eigenvalue weighted by Crippen LogP contribution is -2.26. The molecular weight excluding hydrogens is 392 g/mol. The zero-order chi connectivity index (χ0) is 17.0. The van der Waals surface area contributed by atoms with E-state index in [2.05, 4.69) is 20.7 Å². The van der Waals surface area contributed by atoms with Crippen LogP contribution in [0.1, 0.15) is 15.2 Å². The van der Waals surface area contributed by atoms with Gasteiger partial charge in [-0.3, -0.25) is 4.79 Å². The van der Waals surface area contributed by atoms with Crippen molar-refractivity contribution in [3.05, 3.63) is 44.6 Å². The summed E-state index contributed by atoms with van der Waals surface area (Å²) >= 11 is 4.85. The number of methoxy groups -OCH3 is 1. The summed E-state index contributed by atoms with van der Waals surface area (Å²) < 4.78 is 35.7. The number of thiophene rings is 1. The van der Waals surface area contributed by atoms with Crippen LogP contribution >= 0.6 is 27.3 Å². The number of nitrogens with zero attached hydrogens (tertiary/aromatic N) is 1. The van der Waals surface area contributed by atoms with Gasteiger partial charge in [-0.15, -0.1) is 11.3 Å². The van der Waals surface area contributed by atoms with Crippen LogP contribution in [0.3, 0.4) is 0 Å². The van der Waals surface area contributed by atoms with Crippen molar-refractivity contribution in [2.24, 2.45) is 0 Å². The molecule has 0 fully saturated rings. The zero-order valence-corrected chi connectivity index (χ0v) is 14.8. The lowest BCUT2D eigenvalue weighted by molar-refractivity contribution is -0.0516. The molecule has 0 N–H and O–H groups in total. The molecule has 1 amide bonds. The first-order valence-electron chi connectivity index (χ1n) is 6.54. The third-order valence-electron chi connectivity index (χ3n) is 3.00. The molecule has 0 atom stereocenters. The number of hydrogen-bond acceptors (Lipinski definition) is 4. The van der Waals surface area contributed by atoms with Crippen molar-refractivity contribution in [1.29, 1.82) is 0 Å². The predicted octanol–water partition coefficient (Wildman–Crippen LogP) is 4.39. The van der Waals surface area contributed by atoms with Crippen LogP contribution in [0.4, 0.5) is 8.78 Å². The van der Waals surface area contributed by atoms with Gasteiger partial charge in [0.2, 0.25) is 0 Å². The maximum atomic E-state index is 12.6. The summed E-state index contributed by atoms with van der Waals surface area (Å²) in [6, 6.07) is 8.23. The number of benzene rings is 1. The molecule has 8 heteroatoms. The molecule has 1 aromatic heterocycles. The fraction of sp³-hybridized carbons (Fsp3) is 0.267. The van der Waals surface area contributed by atoms with Crippen molar-refractivity contribution < 1.29 is 23.0 Å². The van der Waals surface area contributed by atoms with E-state index in [9.17, 15) is 13.6 Å². The second kappa shape index (κ2) is 7.74. The van der Waals surface area contributed by atoms with E-state index < -0.39 is 12.5 Å². The summed E-state index contributed by atoms with van der Waals surface area (Å²) in [7, 11) is 2.93. The van der Waals surface area contributed by atoms with E-state index in [1.54, 1.807) is 13.1 Å². The Hall–Kier alpha value is -1.67. The van der Waals surface area contributed by atoms with Gasteiger partial charge in [-0.1, -0.05) is 6.07 Å². The summed E-state index contributed by atoms with van der Waals surface area (Å²) in [5.74, 6) is -0.596. The van der Waals surface area contributed by atoms with E-state index in [1.807, 2.05) is 12.1 Å². The van der Waals surface area contributed by atoms with Gasteiger partial charge in [0.15, 0.2) is 11.5 Å². The van der Waals surface area contributed by atoms with Crippen LogP contribution in [0.2, 0.25) is 0 Å². The molecule has 0 radical (unpaired) electrons. The van der Waals surface area contributed by atoms with Crippen molar-refractivity contribution in [2.75, 3.05) is 14.2 Å². The van der Waals surface area contributed by atoms with Gasteiger partial charge in [0.1, 0.15) is 0 Å². The second-order valence-electron chi connectivity index (χ2n) is 4.58. The van der Waals surface area contributed by atoms with E-state index >= 15 is 0 Å². The first-order valence-corrected chi connectivity index (χ1v) is 8.14. The highest BCUT2D eigenvalue weighted by Crippen LogP contribution is 2.33. The number of hydrogen-bond donors (Lipinski definition) is 0. The maximum Gasteiger partial charge on any atom is 0.387 e. The molecule has 124 valence electrons. The van der Waals surface area contributed by atoms with Gasteiger partial charge in [-0.2, -0.15) is 8.78 Å². The smallest absolute Gasteiger partial charge is 0.387 e. The van der Waals surface area contributed by atoms with E-state index in [4.69, 9.17) is 4.74 Å². The number of alkyl halides is 2. The number of para-hydroxylation sites is 1. The Kier molecular flexibility index (Phi) is 5.95. The standard InChI is InChI=1S/C15H14BrF2NO3S/c1-19(8-9-6-7-12(16)23-9)14(20)10-4-3-5-11(21-2)13(10)22-15(17)18/h3-7,15H,8H2,1-2H3. The van der Waals surface area contributed by atoms with E-state index in [0.29, 0.717) is 6.54 Å². The zero-order valence-electron chi connectivity index (χ0n) is 12.4. The van der Waals surface area contributed by atoms with Crippen LogP contribution in [0, 0.1) is 0 Å². The molecule has 0 aliphatic rings. The summed E-state index contributed by atoms with van der Waals surface area (Å²) in [5, 5.41) is 0. The highest BCUT2D eigenvalue weighted by molar-refractivity contribution is 9.11. The minimum Gasteiger partial charge on any atom is -0.493 e. The van der Waals surface area contributed by atoms with Gasteiger partial charge in [0.25, 0.3) is 5.91 Å². The molecule has 1 heterocycles. The molecule has 1 aromatic carbocycles. The average Bonchev–Trinajstić information content (AvgIpc) is 2.91. The fourth-order valence-corrected chi connectivity index (χ4v) is 3.54. The molecule has 0 aliphatic heterocycles. The summed E-state index contributed by atoms with van der Waals surface area (Å²) in [4.78, 5) is 15.0. The molecule has 0 spiro atoms. The Morgan fingerprint density at radius 2 is 2.09 bits per heavy atom. The van der Waals surface area contributed by atoms with Gasteiger partial charge >= 0.3 is 6.61 Å². The van der Waals surface area contributed by atoms with Crippen molar-refractivity contribution in [3.8, 4) is 11.5 Å². The fourth-order valence-electron chi connectivity index (χ4n) is 2.00. The SMILES string of the molecule is COc1cccc(C(=O)N(C)Cc2ccc(Br)s2)c1OC(F)F. The summed E-state index contributed by atoms with van der Waals surface area (Å²) in [6.07, 6.45) is 0. The number of amides is 1. The van der Waals surface area contributed by atoms with Crippen molar-refractivity contribution in [1.82, 2.24) is 4.90 Å². The number of carbonyl (C=O) groups is 1. The Morgan fingerprint density at radius 3 is 2.65 bits per heavy atom. The monoisotopic (exact) mass is 405 g/mol. The van der Waals surface area contributed by atoms with Crippen molar-refractivity contribution >= 4 is 33.2 Å². The van der Waals surface area contributed by atoms with Gasteiger partial charge in [0.05, 0.1) is 23.0 Å². The minimum atomic E-state index is -3.04. The van der Waals surface area contributed by atoms with Crippen molar-refractivity contribution in [2.45, 2.75) is 13.2 Å². The van der Waals surface area contributed by atoms with Gasteiger partial charge < -0.3 is 14.4 Å². The molecule has 0 saturated heterocycles. The number of ether oxygens (including phenoxy) is 2. The Bertz CT molecular complexity index is 693. The van der Waals surface area contributed by atoms with Crippen LogP contribution in [-0.4, -0.2) is 31.6 Å². The molecule has 0 aliphatic carbocycles. The second-order valence-corrected chi connectivity index (χ2v) is 7.13. The lowest BCUT2D eigenvalue weighted by Gasteiger charge is -2.19. The average molecular weight is 406 g/mol. The van der Waals surface area contributed by atoms with Crippen LogP contribution in [-0.2, 0) is 6.54 Å². The molecule has 0 unspecified atom stereocenters. The molecule has 2 rings (SSSR count). The van der Waals surface area contributed by atoms with Crippen LogP contribution in [0.15, 0.2) is 34.1 Å². The van der Waals surface area contributed by atoms with E-state index in [0.717, 1.165) is 8.66 Å². The predicted molar refractivity (Wildman–Crippen MR) is 87.4 cm³/mol. The summed E-state index contributed by atoms with van der Waals surface area (Å²) in [6.45, 7) is -2.68. The molecule has 2 aromatic rings. The van der Waals surface area contributed by atoms with Gasteiger partial charge in [-0.05, 0) is 40.2 Å². The normalized spacial score (nSPS) is 10.7. The first kappa shape index (κ1) is 17.7. The number of carbonyl (C=O) groups excluding carboxylic acids is 1. The minimum absolute atomic E-state index is 0.0303. The molecule has 4 nitrogen and oxygen atoms in total. The first-order chi connectivity index (χ1) is 10.9. The third-order valence-corrected chi connectivity index (χ3v) is 4.61. The number of rotatable bonds is 6. The van der Waals surface area contributed by atoms with Crippen LogP contribution < -0.4 is 9.47 Å². The Labute approximate surface area is 144 Å². The number of halogens is 3. The van der Waals surface area contributed by atoms with Crippen LogP contribution in [0.5, 0.6) is 11.5 Å². The lowest BCUT2D eigenvalue weighted by atomic mass is 10.1. The molecule has 23 heavy (non-hydrogen) atoms. The molecule has 0 saturated carbocycles. The quantitative estimate of drug-likeness (QED) is 0.714. The Morgan fingerprint density at radius 1 is 1.35 bits per heavy atom. The molecular formula is C15H14BrF2NO3S. The maximum absolute atomic E-state index is 12.6. The van der Waals surface area contributed by atoms with Gasteiger partial charge in [0, 0.05) is 11.9 Å². The van der Waals surface area contributed by atoms with E-state index in [-0.39, 0.29) is 17.1 Å². The van der Waals surface area contributed by atoms with Crippen molar-refractivity contribution in [3.63, 3.8) is 0 Å². The molecule has 0 bridgehead atoms. The third kappa shape index (κ3) is 4.42. The largest absolute Gasteiger partial charge is 0.493 e.